The van der Waals surface area contributed by atoms with Crippen molar-refractivity contribution in [3.05, 3.63) is 30.1 Å². The molecule has 3 aromatic rings. The summed E-state index contributed by atoms with van der Waals surface area (Å²) in [6, 6.07) is 7.27. The number of rotatable bonds is 2. The maximum atomic E-state index is 11.5. The van der Waals surface area contributed by atoms with Crippen molar-refractivity contribution in [1.29, 1.82) is 0 Å². The lowest BCUT2D eigenvalue weighted by atomic mass is 10.1. The van der Waals surface area contributed by atoms with Gasteiger partial charge in [-0.15, -0.1) is 15.3 Å². The van der Waals surface area contributed by atoms with Crippen LogP contribution in [0.4, 0.5) is 5.82 Å². The van der Waals surface area contributed by atoms with Crippen molar-refractivity contribution in [2.45, 2.75) is 25.8 Å². The van der Waals surface area contributed by atoms with Crippen LogP contribution in [-0.4, -0.2) is 43.5 Å². The number of fused-ring (bicyclic) bond motifs is 3. The highest BCUT2D eigenvalue weighted by Crippen LogP contribution is 2.32. The van der Waals surface area contributed by atoms with Crippen LogP contribution in [0.1, 0.15) is 18.7 Å². The zero-order chi connectivity index (χ0) is 15.3. The van der Waals surface area contributed by atoms with Crippen LogP contribution in [0.25, 0.3) is 16.4 Å². The van der Waals surface area contributed by atoms with Crippen LogP contribution in [-0.2, 0) is 4.79 Å². The summed E-state index contributed by atoms with van der Waals surface area (Å²) in [6.07, 6.45) is 1.50. The van der Waals surface area contributed by atoms with Crippen molar-refractivity contribution in [1.82, 2.24) is 19.8 Å². The van der Waals surface area contributed by atoms with Crippen LogP contribution >= 0.6 is 0 Å². The average Bonchev–Trinajstić information content (AvgIpc) is 3.14. The number of carboxylic acids is 1. The first-order chi connectivity index (χ1) is 10.7. The molecule has 2 aromatic heterocycles. The van der Waals surface area contributed by atoms with E-state index >= 15 is 0 Å². The fourth-order valence-corrected chi connectivity index (χ4v) is 3.16. The Bertz CT molecular complexity index is 888. The number of carbonyl (C=O) groups is 1. The lowest BCUT2D eigenvalue weighted by Gasteiger charge is -2.23. The minimum atomic E-state index is -0.802. The smallest absolute Gasteiger partial charge is 0.326 e. The highest BCUT2D eigenvalue weighted by atomic mass is 16.4. The number of anilines is 1. The van der Waals surface area contributed by atoms with Gasteiger partial charge in [0, 0.05) is 17.3 Å². The molecule has 3 heterocycles. The van der Waals surface area contributed by atoms with Gasteiger partial charge < -0.3 is 10.0 Å². The summed E-state index contributed by atoms with van der Waals surface area (Å²) < 4.78 is 1.69. The fourth-order valence-electron chi connectivity index (χ4n) is 3.16. The fraction of sp³-hybridized carbons (Fsp3) is 0.333. The van der Waals surface area contributed by atoms with Crippen LogP contribution in [0, 0.1) is 6.92 Å². The number of carboxylic acid groups (broad SMARTS) is 1. The predicted octanol–water partition coefficient (Wildman–Crippen LogP) is 1.64. The van der Waals surface area contributed by atoms with E-state index in [9.17, 15) is 9.90 Å². The maximum absolute atomic E-state index is 11.5. The molecule has 0 radical (unpaired) electrons. The van der Waals surface area contributed by atoms with E-state index < -0.39 is 12.0 Å². The van der Waals surface area contributed by atoms with Gasteiger partial charge in [-0.3, -0.25) is 0 Å². The first-order valence-electron chi connectivity index (χ1n) is 7.27. The topological polar surface area (TPSA) is 83.6 Å². The lowest BCUT2D eigenvalue weighted by molar-refractivity contribution is -0.138. The van der Waals surface area contributed by atoms with E-state index in [-0.39, 0.29) is 0 Å². The highest BCUT2D eigenvalue weighted by molar-refractivity contribution is 6.01. The highest BCUT2D eigenvalue weighted by Gasteiger charge is 2.33. The summed E-state index contributed by atoms with van der Waals surface area (Å²) in [7, 11) is 0. The van der Waals surface area contributed by atoms with E-state index in [1.807, 2.05) is 36.1 Å². The summed E-state index contributed by atoms with van der Waals surface area (Å²) in [4.78, 5) is 13.4. The largest absolute Gasteiger partial charge is 0.480 e. The number of aliphatic carboxylic acids is 1. The molecular weight excluding hydrogens is 282 g/mol. The Morgan fingerprint density at radius 2 is 2.05 bits per heavy atom. The predicted molar refractivity (Wildman–Crippen MR) is 81.0 cm³/mol. The molecule has 0 aliphatic carbocycles. The van der Waals surface area contributed by atoms with Gasteiger partial charge in [0.25, 0.3) is 0 Å². The van der Waals surface area contributed by atoms with Crippen LogP contribution in [0.5, 0.6) is 0 Å². The number of hydrogen-bond acceptors (Lipinski definition) is 5. The van der Waals surface area contributed by atoms with Gasteiger partial charge in [0.2, 0.25) is 0 Å². The van der Waals surface area contributed by atoms with Gasteiger partial charge in [0.15, 0.2) is 17.3 Å². The van der Waals surface area contributed by atoms with Crippen molar-refractivity contribution in [3.8, 4) is 0 Å². The summed E-state index contributed by atoms with van der Waals surface area (Å²) in [5.41, 5.74) is 0.697. The zero-order valence-corrected chi connectivity index (χ0v) is 12.1. The van der Waals surface area contributed by atoms with Gasteiger partial charge in [-0.25, -0.2) is 4.79 Å². The van der Waals surface area contributed by atoms with Gasteiger partial charge >= 0.3 is 5.97 Å². The molecule has 22 heavy (non-hydrogen) atoms. The van der Waals surface area contributed by atoms with Crippen molar-refractivity contribution in [3.63, 3.8) is 0 Å². The third-order valence-electron chi connectivity index (χ3n) is 4.21. The molecule has 4 rings (SSSR count). The molecule has 0 saturated carbocycles. The second-order valence-electron chi connectivity index (χ2n) is 5.54. The average molecular weight is 297 g/mol. The molecule has 7 nitrogen and oxygen atoms in total. The maximum Gasteiger partial charge on any atom is 0.326 e. The quantitative estimate of drug-likeness (QED) is 0.774. The van der Waals surface area contributed by atoms with Crippen molar-refractivity contribution in [2.75, 3.05) is 11.4 Å². The Morgan fingerprint density at radius 1 is 1.27 bits per heavy atom. The van der Waals surface area contributed by atoms with Crippen LogP contribution < -0.4 is 4.90 Å². The van der Waals surface area contributed by atoms with Gasteiger partial charge in [-0.1, -0.05) is 24.3 Å². The Morgan fingerprint density at radius 3 is 2.82 bits per heavy atom. The number of benzene rings is 1. The molecule has 0 amide bonds. The molecule has 1 fully saturated rings. The van der Waals surface area contributed by atoms with E-state index in [4.69, 9.17) is 0 Å². The molecule has 1 N–H and O–H groups in total. The molecule has 1 saturated heterocycles. The lowest BCUT2D eigenvalue weighted by Crippen LogP contribution is -2.36. The minimum Gasteiger partial charge on any atom is -0.480 e. The van der Waals surface area contributed by atoms with Gasteiger partial charge in [-0.2, -0.15) is 4.52 Å². The van der Waals surface area contributed by atoms with Crippen LogP contribution in [0.2, 0.25) is 0 Å². The molecule has 0 bridgehead atoms. The second kappa shape index (κ2) is 4.66. The summed E-state index contributed by atoms with van der Waals surface area (Å²) in [5, 5.41) is 24.2. The first kappa shape index (κ1) is 13.0. The van der Waals surface area contributed by atoms with E-state index in [1.54, 1.807) is 4.52 Å². The third-order valence-corrected chi connectivity index (χ3v) is 4.21. The minimum absolute atomic E-state index is 0.523. The SMILES string of the molecule is Cc1nnc2c3ccccc3c(N3CCCC3C(=O)O)nn12. The molecule has 1 aliphatic heterocycles. The molecule has 112 valence electrons. The normalized spacial score (nSPS) is 18.4. The Balaban J connectivity index is 2.03. The molecule has 0 spiro atoms. The van der Waals surface area contributed by atoms with E-state index in [0.29, 0.717) is 30.3 Å². The van der Waals surface area contributed by atoms with Crippen LogP contribution in [0.15, 0.2) is 24.3 Å². The van der Waals surface area contributed by atoms with E-state index in [2.05, 4.69) is 15.3 Å². The summed E-state index contributed by atoms with van der Waals surface area (Å²) in [6.45, 7) is 2.53. The number of aromatic nitrogens is 4. The molecule has 7 heteroatoms. The van der Waals surface area contributed by atoms with Gasteiger partial charge in [0.1, 0.15) is 6.04 Å². The summed E-state index contributed by atoms with van der Waals surface area (Å²) >= 11 is 0. The van der Waals surface area contributed by atoms with Crippen LogP contribution in [0.3, 0.4) is 0 Å². The van der Waals surface area contributed by atoms with Gasteiger partial charge in [0.05, 0.1) is 0 Å². The third kappa shape index (κ3) is 1.75. The number of aryl methyl sites for hydroxylation is 1. The van der Waals surface area contributed by atoms with E-state index in [0.717, 1.165) is 17.2 Å². The summed E-state index contributed by atoms with van der Waals surface area (Å²) in [5.74, 6) is 0.577. The standard InChI is InChI=1S/C15H15N5O2/c1-9-16-17-13-10-5-2-3-6-11(10)14(18-20(9)13)19-8-4-7-12(19)15(21)22/h2-3,5-6,12H,4,7-8H2,1H3,(H,21,22). The van der Waals surface area contributed by atoms with Crippen molar-refractivity contribution >= 4 is 28.2 Å². The molecule has 1 aromatic carbocycles. The molecular formula is C15H15N5O2. The van der Waals surface area contributed by atoms with Gasteiger partial charge in [-0.05, 0) is 19.8 Å². The monoisotopic (exact) mass is 297 g/mol. The van der Waals surface area contributed by atoms with Crippen molar-refractivity contribution in [2.24, 2.45) is 0 Å². The first-order valence-corrected chi connectivity index (χ1v) is 7.27. The molecule has 1 unspecified atom stereocenters. The molecule has 1 aliphatic rings. The zero-order valence-electron chi connectivity index (χ0n) is 12.1. The number of nitrogens with zero attached hydrogens (tertiary/aromatic N) is 5. The van der Waals surface area contributed by atoms with E-state index in [1.165, 1.54) is 0 Å². The Labute approximate surface area is 126 Å². The number of hydrogen-bond donors (Lipinski definition) is 1. The van der Waals surface area contributed by atoms with Crippen molar-refractivity contribution < 1.29 is 9.90 Å². The Hall–Kier alpha value is -2.70. The molecule has 1 atom stereocenters. The second-order valence-corrected chi connectivity index (χ2v) is 5.54. The Kier molecular flexibility index (Phi) is 2.75.